The lowest BCUT2D eigenvalue weighted by Crippen LogP contribution is -2.43. The van der Waals surface area contributed by atoms with Gasteiger partial charge in [0.15, 0.2) is 10.9 Å². The number of ether oxygens (including phenoxy) is 1. The first-order valence-corrected chi connectivity index (χ1v) is 8.22. The minimum Gasteiger partial charge on any atom is -0.437 e. The van der Waals surface area contributed by atoms with Crippen molar-refractivity contribution in [2.75, 3.05) is 36.8 Å². The lowest BCUT2D eigenvalue weighted by molar-refractivity contribution is 0.465. The van der Waals surface area contributed by atoms with E-state index >= 15 is 0 Å². The van der Waals surface area contributed by atoms with Gasteiger partial charge in [-0.3, -0.25) is 0 Å². The molecule has 0 amide bonds. The van der Waals surface area contributed by atoms with Crippen molar-refractivity contribution in [1.29, 1.82) is 0 Å². The molecule has 3 aromatic rings. The number of nitrogens with zero attached hydrogens (tertiary/aromatic N) is 4. The summed E-state index contributed by atoms with van der Waals surface area (Å²) < 4.78 is 6.93. The summed E-state index contributed by atoms with van der Waals surface area (Å²) in [5.41, 5.74) is 6.55. The first-order valence-electron chi connectivity index (χ1n) is 7.40. The van der Waals surface area contributed by atoms with Crippen LogP contribution in [0, 0.1) is 0 Å². The zero-order valence-corrected chi connectivity index (χ0v) is 13.2. The molecule has 3 N–H and O–H groups in total. The molecule has 1 aliphatic rings. The van der Waals surface area contributed by atoms with Gasteiger partial charge in [0, 0.05) is 32.2 Å². The maximum atomic E-state index is 5.93. The largest absolute Gasteiger partial charge is 0.437 e. The molecule has 1 aromatic carbocycles. The fourth-order valence-electron chi connectivity index (χ4n) is 2.59. The molecule has 0 radical (unpaired) electrons. The van der Waals surface area contributed by atoms with E-state index in [1.807, 2.05) is 24.3 Å². The fourth-order valence-corrected chi connectivity index (χ4v) is 3.34. The zero-order chi connectivity index (χ0) is 15.6. The van der Waals surface area contributed by atoms with E-state index in [0.717, 1.165) is 42.2 Å². The van der Waals surface area contributed by atoms with Crippen molar-refractivity contribution in [3.63, 3.8) is 0 Å². The molecule has 118 valence electrons. The van der Waals surface area contributed by atoms with Gasteiger partial charge < -0.3 is 20.7 Å². The van der Waals surface area contributed by atoms with Crippen molar-refractivity contribution in [3.05, 3.63) is 30.6 Å². The molecular weight excluding hydrogens is 312 g/mol. The van der Waals surface area contributed by atoms with E-state index < -0.39 is 0 Å². The van der Waals surface area contributed by atoms with Crippen LogP contribution in [-0.4, -0.2) is 41.1 Å². The number of nitrogens with two attached hydrogens (primary N) is 1. The Kier molecular flexibility index (Phi) is 3.68. The van der Waals surface area contributed by atoms with Gasteiger partial charge in [0.2, 0.25) is 5.88 Å². The molecule has 0 unspecified atom stereocenters. The Morgan fingerprint density at radius 1 is 1.22 bits per heavy atom. The van der Waals surface area contributed by atoms with Crippen LogP contribution in [0.2, 0.25) is 0 Å². The molecule has 0 spiro atoms. The second-order valence-electron chi connectivity index (χ2n) is 5.21. The Morgan fingerprint density at radius 3 is 2.96 bits per heavy atom. The van der Waals surface area contributed by atoms with E-state index in [9.17, 15) is 0 Å². The summed E-state index contributed by atoms with van der Waals surface area (Å²) in [5, 5.41) is 3.85. The van der Waals surface area contributed by atoms with Gasteiger partial charge in [-0.15, -0.1) is 0 Å². The molecule has 3 heterocycles. The third-order valence-electron chi connectivity index (χ3n) is 3.68. The summed E-state index contributed by atoms with van der Waals surface area (Å²) in [6, 6.07) is 7.63. The molecule has 8 heteroatoms. The molecule has 23 heavy (non-hydrogen) atoms. The van der Waals surface area contributed by atoms with E-state index in [1.165, 1.54) is 17.7 Å². The molecule has 0 saturated carbocycles. The van der Waals surface area contributed by atoms with Crippen LogP contribution in [0.1, 0.15) is 0 Å². The number of thiazole rings is 1. The normalized spacial score (nSPS) is 15.0. The third-order valence-corrected chi connectivity index (χ3v) is 4.53. The number of benzene rings is 1. The number of hydrogen-bond acceptors (Lipinski definition) is 8. The van der Waals surface area contributed by atoms with Gasteiger partial charge in [-0.05, 0) is 12.1 Å². The molecule has 0 atom stereocenters. The first-order chi connectivity index (χ1) is 11.3. The van der Waals surface area contributed by atoms with E-state index in [0.29, 0.717) is 16.8 Å². The second kappa shape index (κ2) is 5.98. The monoisotopic (exact) mass is 328 g/mol. The highest BCUT2D eigenvalue weighted by molar-refractivity contribution is 7.22. The van der Waals surface area contributed by atoms with Gasteiger partial charge in [0.1, 0.15) is 17.7 Å². The molecule has 1 aliphatic heterocycles. The van der Waals surface area contributed by atoms with Crippen LogP contribution in [0.15, 0.2) is 30.6 Å². The number of rotatable bonds is 3. The second-order valence-corrected chi connectivity index (χ2v) is 6.27. The van der Waals surface area contributed by atoms with Crippen molar-refractivity contribution in [1.82, 2.24) is 20.3 Å². The molecule has 4 rings (SSSR count). The Labute approximate surface area is 137 Å². The number of nitrogen functional groups attached to an aromatic ring is 1. The predicted molar refractivity (Wildman–Crippen MR) is 91.2 cm³/mol. The Bertz CT molecular complexity index is 830. The quantitative estimate of drug-likeness (QED) is 0.758. The van der Waals surface area contributed by atoms with E-state index in [2.05, 4.69) is 25.2 Å². The highest BCUT2D eigenvalue weighted by Crippen LogP contribution is 2.33. The number of fused-ring (bicyclic) bond motifs is 1. The van der Waals surface area contributed by atoms with Crippen LogP contribution < -0.4 is 20.7 Å². The summed E-state index contributed by atoms with van der Waals surface area (Å²) in [6.07, 6.45) is 1.53. The Balaban J connectivity index is 1.63. The summed E-state index contributed by atoms with van der Waals surface area (Å²) in [4.78, 5) is 15.1. The third kappa shape index (κ3) is 2.90. The number of anilines is 2. The average molecular weight is 328 g/mol. The highest BCUT2D eigenvalue weighted by atomic mass is 32.1. The SMILES string of the molecule is Nc1nc2c(Oc3cc(N4CCNCC4)ncn3)cccc2s1. The van der Waals surface area contributed by atoms with E-state index in [-0.39, 0.29) is 0 Å². The van der Waals surface area contributed by atoms with Crippen molar-refractivity contribution in [2.45, 2.75) is 0 Å². The predicted octanol–water partition coefficient (Wildman–Crippen LogP) is 1.87. The molecule has 7 nitrogen and oxygen atoms in total. The summed E-state index contributed by atoms with van der Waals surface area (Å²) in [7, 11) is 0. The molecular formula is C15H16N6OS. The minimum atomic E-state index is 0.507. The molecule has 0 aliphatic carbocycles. The number of para-hydroxylation sites is 1. The number of nitrogens with one attached hydrogen (secondary N) is 1. The highest BCUT2D eigenvalue weighted by Gasteiger charge is 2.14. The van der Waals surface area contributed by atoms with Crippen LogP contribution in [0.3, 0.4) is 0 Å². The smallest absolute Gasteiger partial charge is 0.224 e. The molecule has 1 fully saturated rings. The van der Waals surface area contributed by atoms with Gasteiger partial charge in [-0.25, -0.2) is 15.0 Å². The summed E-state index contributed by atoms with van der Waals surface area (Å²) in [5.74, 6) is 2.04. The van der Waals surface area contributed by atoms with Gasteiger partial charge in [0.25, 0.3) is 0 Å². The standard InChI is InChI=1S/C15H16N6OS/c16-15-20-14-10(2-1-3-11(14)23-15)22-13-8-12(18-9-19-13)21-6-4-17-5-7-21/h1-3,8-9,17H,4-7H2,(H2,16,20). The van der Waals surface area contributed by atoms with E-state index in [4.69, 9.17) is 10.5 Å². The van der Waals surface area contributed by atoms with Gasteiger partial charge >= 0.3 is 0 Å². The van der Waals surface area contributed by atoms with Gasteiger partial charge in [-0.1, -0.05) is 17.4 Å². The van der Waals surface area contributed by atoms with Crippen molar-refractivity contribution < 1.29 is 4.74 Å². The lowest BCUT2D eigenvalue weighted by Gasteiger charge is -2.28. The van der Waals surface area contributed by atoms with Crippen molar-refractivity contribution in [2.24, 2.45) is 0 Å². The maximum Gasteiger partial charge on any atom is 0.224 e. The topological polar surface area (TPSA) is 89.2 Å². The maximum absolute atomic E-state index is 5.93. The van der Waals surface area contributed by atoms with Crippen LogP contribution in [0.25, 0.3) is 10.2 Å². The number of piperazine rings is 1. The summed E-state index contributed by atoms with van der Waals surface area (Å²) >= 11 is 1.44. The number of aromatic nitrogens is 3. The number of hydrogen-bond donors (Lipinski definition) is 2. The van der Waals surface area contributed by atoms with E-state index in [1.54, 1.807) is 0 Å². The first kappa shape index (κ1) is 14.2. The lowest BCUT2D eigenvalue weighted by atomic mass is 10.3. The van der Waals surface area contributed by atoms with Crippen LogP contribution in [0.4, 0.5) is 10.9 Å². The van der Waals surface area contributed by atoms with Gasteiger partial charge in [-0.2, -0.15) is 0 Å². The summed E-state index contributed by atoms with van der Waals surface area (Å²) in [6.45, 7) is 3.76. The molecule has 1 saturated heterocycles. The zero-order valence-electron chi connectivity index (χ0n) is 12.4. The molecule has 0 bridgehead atoms. The van der Waals surface area contributed by atoms with Crippen molar-refractivity contribution in [3.8, 4) is 11.6 Å². The van der Waals surface area contributed by atoms with Crippen LogP contribution in [0.5, 0.6) is 11.6 Å². The Hall–Kier alpha value is -2.45. The van der Waals surface area contributed by atoms with Crippen LogP contribution in [-0.2, 0) is 0 Å². The average Bonchev–Trinajstić information content (AvgIpc) is 2.97. The Morgan fingerprint density at radius 2 is 2.09 bits per heavy atom. The van der Waals surface area contributed by atoms with Crippen LogP contribution >= 0.6 is 11.3 Å². The molecule has 2 aromatic heterocycles. The fraction of sp³-hybridized carbons (Fsp3) is 0.267. The van der Waals surface area contributed by atoms with Crippen molar-refractivity contribution >= 4 is 32.5 Å². The van der Waals surface area contributed by atoms with Gasteiger partial charge in [0.05, 0.1) is 4.70 Å². The minimum absolute atomic E-state index is 0.507.